The second-order valence-electron chi connectivity index (χ2n) is 33.1. The summed E-state index contributed by atoms with van der Waals surface area (Å²) in [5, 5.41) is 15.7. The van der Waals surface area contributed by atoms with Gasteiger partial charge in [-0.1, -0.05) is 246 Å². The average molecular weight is 1750 g/mol. The minimum Gasteiger partial charge on any atom is -0.493 e. The minimum absolute atomic E-state index is 0.204. The smallest absolute Gasteiger partial charge is 0.262 e. The molecule has 0 saturated heterocycles. The lowest BCUT2D eigenvalue weighted by Gasteiger charge is -2.22. The molecule has 0 aliphatic heterocycles. The van der Waals surface area contributed by atoms with Crippen molar-refractivity contribution >= 4 is 90.0 Å². The summed E-state index contributed by atoms with van der Waals surface area (Å²) < 4.78 is 52.9. The molecule has 132 heavy (non-hydrogen) atoms. The van der Waals surface area contributed by atoms with Crippen LogP contribution in [-0.4, -0.2) is 96.4 Å². The molecule has 18 rings (SSSR count). The number of rotatable bonds is 28. The van der Waals surface area contributed by atoms with Crippen molar-refractivity contribution in [2.24, 2.45) is 0 Å². The van der Waals surface area contributed by atoms with Gasteiger partial charge in [0.2, 0.25) is 0 Å². The number of pyridine rings is 4. The predicted octanol–water partition coefficient (Wildman–Crippen LogP) is 22.1. The third-order valence-electron chi connectivity index (χ3n) is 23.2. The van der Waals surface area contributed by atoms with Gasteiger partial charge in [-0.3, -0.25) is 39.1 Å². The van der Waals surface area contributed by atoms with E-state index >= 15 is 0 Å². The molecule has 4 N–H and O–H groups in total. The Morgan fingerprint density at radius 2 is 0.379 bits per heavy atom. The molecule has 0 unspecified atom stereocenters. The molecule has 0 spiro atoms. The van der Waals surface area contributed by atoms with Crippen LogP contribution in [0.25, 0.3) is 43.6 Å². The number of hydrogen-bond acceptors (Lipinski definition) is 16. The van der Waals surface area contributed by atoms with Crippen molar-refractivity contribution in [2.75, 3.05) is 74.1 Å². The number of carbonyl (C=O) groups is 4. The number of aromatic nitrogens is 4. The second kappa shape index (κ2) is 42.7. The van der Waals surface area contributed by atoms with Crippen molar-refractivity contribution in [3.05, 3.63) is 381 Å². The molecule has 12 aromatic carbocycles. The van der Waals surface area contributed by atoms with Crippen molar-refractivity contribution in [1.82, 2.24) is 19.9 Å². The van der Waals surface area contributed by atoms with Crippen LogP contribution in [0.2, 0.25) is 0 Å². The number of amides is 4. The molecule has 2 aliphatic rings. The molecule has 0 fully saturated rings. The van der Waals surface area contributed by atoms with Crippen LogP contribution in [0.3, 0.4) is 0 Å². The zero-order chi connectivity index (χ0) is 90.5. The Morgan fingerprint density at radius 3 is 0.545 bits per heavy atom. The Balaban J connectivity index is 0.000000184. The fraction of sp³-hybridized carbons (Fsp3) is 0.214. The summed E-state index contributed by atoms with van der Waals surface area (Å²) in [4.78, 5) is 72.4. The lowest BCUT2D eigenvalue weighted by molar-refractivity contribution is -0.118. The summed E-state index contributed by atoms with van der Waals surface area (Å²) in [6, 6.07) is 88.5. The van der Waals surface area contributed by atoms with Gasteiger partial charge in [-0.15, -0.1) is 0 Å². The highest BCUT2D eigenvalue weighted by Gasteiger charge is 2.27. The van der Waals surface area contributed by atoms with Crippen LogP contribution in [0, 0.1) is 0 Å². The van der Waals surface area contributed by atoms with Gasteiger partial charge in [0.15, 0.2) is 26.4 Å². The number of benzene rings is 12. The summed E-state index contributed by atoms with van der Waals surface area (Å²) in [5.41, 5.74) is 21.0. The summed E-state index contributed by atoms with van der Waals surface area (Å²) in [7, 11) is 0. The number of fused-ring (bicyclic) bond motifs is 20. The zero-order valence-electron chi connectivity index (χ0n) is 74.5. The zero-order valence-corrected chi connectivity index (χ0v) is 74.5. The fourth-order valence-corrected chi connectivity index (χ4v) is 17.2. The van der Waals surface area contributed by atoms with Crippen LogP contribution in [-0.2, 0) is 70.5 Å². The highest BCUT2D eigenvalue weighted by atomic mass is 16.5. The van der Waals surface area contributed by atoms with E-state index in [1.807, 2.05) is 121 Å². The predicted molar refractivity (Wildman–Crippen MR) is 521 cm³/mol. The second-order valence-corrected chi connectivity index (χ2v) is 33.1. The van der Waals surface area contributed by atoms with Gasteiger partial charge in [0.25, 0.3) is 23.6 Å². The maximum absolute atomic E-state index is 13.6. The summed E-state index contributed by atoms with van der Waals surface area (Å²) in [6.07, 6.45) is 13.8. The number of para-hydroxylation sites is 12. The van der Waals surface area contributed by atoms with Gasteiger partial charge in [-0.05, 0) is 163 Å². The molecule has 0 radical (unpaired) electrons. The number of nitrogens with zero attached hydrogens (tertiary/aromatic N) is 4. The Labute approximate surface area is 768 Å². The molecule has 4 aromatic heterocycles. The van der Waals surface area contributed by atoms with Gasteiger partial charge >= 0.3 is 0 Å². The standard InChI is InChI=1S/2C56H52N4O6/c2*1-3-25-63-53-39-15-9-16-40(53)28-44-20-12-22-46(56(44)66-36-52(62)60-48-32-38-14-6-8-24-50(38)58-34-48)30-42-18-10-17-41(54(42)64-26-4-2)29-45-21-11-19-43(27-39)55(45)65-35-51(61)59-47-31-37-13-5-7-23-49(37)57-33-47/h2*5-24,31-34H,3-4,25-30,35-36H2,1-2H3,(H,59,61)(H,60,62). The van der Waals surface area contributed by atoms with Gasteiger partial charge < -0.3 is 59.2 Å². The van der Waals surface area contributed by atoms with E-state index in [-0.39, 0.29) is 50.1 Å². The largest absolute Gasteiger partial charge is 0.493 e. The molecular formula is C112H104N8O12. The molecule has 0 saturated carbocycles. The van der Waals surface area contributed by atoms with Crippen LogP contribution >= 0.6 is 0 Å². The van der Waals surface area contributed by atoms with E-state index in [0.29, 0.717) is 124 Å². The molecule has 0 atom stereocenters. The normalized spacial score (nSPS) is 12.0. The molecule has 20 heteroatoms. The van der Waals surface area contributed by atoms with Crippen molar-refractivity contribution in [3.8, 4) is 46.0 Å². The van der Waals surface area contributed by atoms with E-state index in [0.717, 1.165) is 181 Å². The highest BCUT2D eigenvalue weighted by Crippen LogP contribution is 2.43. The van der Waals surface area contributed by atoms with Crippen LogP contribution in [0.1, 0.15) is 142 Å². The van der Waals surface area contributed by atoms with Crippen molar-refractivity contribution in [3.63, 3.8) is 0 Å². The van der Waals surface area contributed by atoms with Gasteiger partial charge in [0, 0.05) is 72.9 Å². The lowest BCUT2D eigenvalue weighted by Crippen LogP contribution is -2.21. The van der Waals surface area contributed by atoms with Crippen LogP contribution in [0.5, 0.6) is 46.0 Å². The quantitative estimate of drug-likeness (QED) is 0.0356. The maximum Gasteiger partial charge on any atom is 0.262 e. The monoisotopic (exact) mass is 1750 g/mol. The topological polar surface area (TPSA) is 242 Å². The number of ether oxygens (including phenoxy) is 8. The Kier molecular flexibility index (Phi) is 28.6. The number of hydrogen-bond donors (Lipinski definition) is 4. The first kappa shape index (κ1) is 88.6. The third-order valence-corrected chi connectivity index (χ3v) is 23.2. The summed E-state index contributed by atoms with van der Waals surface area (Å²) in [6.45, 7) is 9.67. The minimum atomic E-state index is -0.291. The van der Waals surface area contributed by atoms with E-state index in [1.165, 1.54) is 0 Å². The van der Waals surface area contributed by atoms with Gasteiger partial charge in [0.05, 0.1) is 96.0 Å². The SMILES string of the molecule is CCCOc1c2cccc1Cc1cccc(c1OCC(=O)Nc1cnc3ccccc3c1)Cc1cccc(c1OCCC)Cc1cccc(c1OCC(=O)Nc1cnc3ccccc3c1)C2.CCCOc1c2cccc1Cc1cccc(c1OCC(=O)Nc1cnc3ccccc3c1)Cc1cccc(c1OCCC)Cc1cccc(c1OCC(=O)Nc1cnc3ccccc3c1)C2. The first-order valence-corrected chi connectivity index (χ1v) is 45.3. The van der Waals surface area contributed by atoms with Gasteiger partial charge in [0.1, 0.15) is 46.0 Å². The van der Waals surface area contributed by atoms with Crippen molar-refractivity contribution in [1.29, 1.82) is 0 Å². The van der Waals surface area contributed by atoms with Gasteiger partial charge in [-0.25, -0.2) is 0 Å². The first-order valence-electron chi connectivity index (χ1n) is 45.3. The number of anilines is 4. The maximum atomic E-state index is 13.6. The van der Waals surface area contributed by atoms with E-state index in [9.17, 15) is 19.2 Å². The molecular weight excluding hydrogens is 1650 g/mol. The first-order chi connectivity index (χ1) is 64.8. The number of nitrogens with one attached hydrogen (secondary N) is 4. The molecule has 664 valence electrons. The molecule has 16 aromatic rings. The lowest BCUT2D eigenvalue weighted by atomic mass is 9.91. The third kappa shape index (κ3) is 21.8. The van der Waals surface area contributed by atoms with E-state index < -0.39 is 0 Å². The summed E-state index contributed by atoms with van der Waals surface area (Å²) in [5.74, 6) is 4.60. The van der Waals surface area contributed by atoms with Crippen LogP contribution in [0.15, 0.2) is 292 Å². The Bertz CT molecular complexity index is 5910. The van der Waals surface area contributed by atoms with Gasteiger partial charge in [-0.2, -0.15) is 0 Å². The molecule has 16 bridgehead atoms. The molecule has 2 aliphatic carbocycles. The van der Waals surface area contributed by atoms with E-state index in [1.54, 1.807) is 24.8 Å². The summed E-state index contributed by atoms with van der Waals surface area (Å²) >= 11 is 0. The molecule has 20 nitrogen and oxygen atoms in total. The van der Waals surface area contributed by atoms with Crippen molar-refractivity contribution in [2.45, 2.75) is 105 Å². The Morgan fingerprint density at radius 1 is 0.220 bits per heavy atom. The average Bonchev–Trinajstić information content (AvgIpc) is 0.789. The fourth-order valence-electron chi connectivity index (χ4n) is 17.2. The number of carbonyl (C=O) groups excluding carboxylic acids is 4. The van der Waals surface area contributed by atoms with E-state index in [4.69, 9.17) is 37.9 Å². The van der Waals surface area contributed by atoms with Crippen LogP contribution < -0.4 is 59.2 Å². The molecule has 4 heterocycles. The van der Waals surface area contributed by atoms with E-state index in [2.05, 4.69) is 214 Å². The van der Waals surface area contributed by atoms with Crippen molar-refractivity contribution < 1.29 is 57.1 Å². The Hall–Kier alpha value is -15.4. The highest BCUT2D eigenvalue weighted by molar-refractivity contribution is 5.97. The van der Waals surface area contributed by atoms with Crippen LogP contribution in [0.4, 0.5) is 22.7 Å². The molecule has 4 amide bonds.